The minimum absolute atomic E-state index is 0.0693. The smallest absolute Gasteiger partial charge is 0.374 e. The van der Waals surface area contributed by atoms with Gasteiger partial charge in [-0.05, 0) is 27.2 Å². The van der Waals surface area contributed by atoms with Gasteiger partial charge in [-0.3, -0.25) is 0 Å². The molecule has 17 heavy (non-hydrogen) atoms. The zero-order chi connectivity index (χ0) is 13.3. The van der Waals surface area contributed by atoms with Crippen molar-refractivity contribution in [3.8, 4) is 0 Å². The molecule has 0 bridgehead atoms. The van der Waals surface area contributed by atoms with Gasteiger partial charge in [0.15, 0.2) is 0 Å². The molecule has 0 aliphatic rings. The molecule has 0 saturated heterocycles. The Morgan fingerprint density at radius 2 is 1.47 bits per heavy atom. The molecule has 0 heterocycles. The summed E-state index contributed by atoms with van der Waals surface area (Å²) >= 11 is 0. The van der Waals surface area contributed by atoms with Gasteiger partial charge in [0.2, 0.25) is 0 Å². The number of nitrogens with two attached hydrogens (primary N) is 1. The summed E-state index contributed by atoms with van der Waals surface area (Å²) in [4.78, 5) is 0. The first kappa shape index (κ1) is 16.8. The van der Waals surface area contributed by atoms with Crippen LogP contribution in [0, 0.1) is 0 Å². The summed E-state index contributed by atoms with van der Waals surface area (Å²) in [5.41, 5.74) is 6.15. The van der Waals surface area contributed by atoms with Crippen LogP contribution in [-0.2, 0) is 13.3 Å². The summed E-state index contributed by atoms with van der Waals surface area (Å²) in [6, 6.07) is -0.156. The molecule has 0 fully saturated rings. The second kappa shape index (κ2) is 8.83. The Hall–Kier alpha value is -0.203. The maximum Gasteiger partial charge on any atom is 0.506 e. The van der Waals surface area contributed by atoms with Gasteiger partial charge in [0.25, 0.3) is 0 Å². The minimum Gasteiger partial charge on any atom is -0.374 e. The van der Waals surface area contributed by atoms with Crippen LogP contribution < -0.4 is 5.73 Å². The van der Waals surface area contributed by atoms with Crippen LogP contribution in [0.1, 0.15) is 34.1 Å². The Morgan fingerprint density at radius 3 is 1.71 bits per heavy atom. The lowest BCUT2D eigenvalue weighted by atomic mass is 10.2. The highest BCUT2D eigenvalue weighted by Crippen LogP contribution is 2.31. The molecular formula is C12H27NO3Si. The van der Waals surface area contributed by atoms with Crippen LogP contribution >= 0.6 is 0 Å². The van der Waals surface area contributed by atoms with E-state index in [9.17, 15) is 0 Å². The maximum absolute atomic E-state index is 6.08. The summed E-state index contributed by atoms with van der Waals surface area (Å²) in [5.74, 6) is 0. The molecule has 0 rings (SSSR count). The van der Waals surface area contributed by atoms with Gasteiger partial charge in [0, 0.05) is 31.4 Å². The van der Waals surface area contributed by atoms with Crippen molar-refractivity contribution in [2.75, 3.05) is 19.8 Å². The third kappa shape index (κ3) is 4.52. The zero-order valence-corrected chi connectivity index (χ0v) is 12.6. The van der Waals surface area contributed by atoms with E-state index in [0.717, 1.165) is 6.42 Å². The minimum atomic E-state index is -2.71. The molecule has 2 N–H and O–H groups in total. The van der Waals surface area contributed by atoms with Gasteiger partial charge in [-0.2, -0.15) is 0 Å². The fraction of sp³-hybridized carbons (Fsp3) is 0.833. The second-order valence-corrected chi connectivity index (χ2v) is 6.55. The monoisotopic (exact) mass is 261 g/mol. The number of hydrogen-bond donors (Lipinski definition) is 1. The van der Waals surface area contributed by atoms with Crippen LogP contribution in [0.15, 0.2) is 12.7 Å². The maximum atomic E-state index is 6.08. The highest BCUT2D eigenvalue weighted by atomic mass is 28.4. The van der Waals surface area contributed by atoms with E-state index < -0.39 is 8.80 Å². The number of rotatable bonds is 10. The normalized spacial score (nSPS) is 15.6. The molecule has 0 aromatic heterocycles. The summed E-state index contributed by atoms with van der Waals surface area (Å²) < 4.78 is 17.6. The van der Waals surface area contributed by atoms with E-state index in [4.69, 9.17) is 19.0 Å². The molecule has 0 saturated carbocycles. The summed E-state index contributed by atoms with van der Waals surface area (Å²) in [6.45, 7) is 13.4. The molecule has 0 aromatic carbocycles. The van der Waals surface area contributed by atoms with E-state index in [1.807, 2.05) is 20.8 Å². The Morgan fingerprint density at radius 1 is 1.06 bits per heavy atom. The average Bonchev–Trinajstić information content (AvgIpc) is 2.30. The van der Waals surface area contributed by atoms with E-state index in [2.05, 4.69) is 13.5 Å². The van der Waals surface area contributed by atoms with Crippen LogP contribution in [0.2, 0.25) is 5.54 Å². The van der Waals surface area contributed by atoms with E-state index >= 15 is 0 Å². The summed E-state index contributed by atoms with van der Waals surface area (Å²) in [5, 5.41) is 0. The molecule has 0 aromatic rings. The lowest BCUT2D eigenvalue weighted by Crippen LogP contribution is -2.54. The van der Waals surface area contributed by atoms with Gasteiger partial charge in [-0.25, -0.2) is 0 Å². The first-order chi connectivity index (χ1) is 8.11. The second-order valence-electron chi connectivity index (χ2n) is 3.73. The lowest BCUT2D eigenvalue weighted by molar-refractivity contribution is 0.0588. The fourth-order valence-electron chi connectivity index (χ4n) is 1.97. The molecule has 5 heteroatoms. The molecule has 4 nitrogen and oxygen atoms in total. The quantitative estimate of drug-likeness (QED) is 0.484. The first-order valence-electron chi connectivity index (χ1n) is 6.41. The van der Waals surface area contributed by atoms with Crippen LogP contribution in [-0.4, -0.2) is 34.7 Å². The van der Waals surface area contributed by atoms with Crippen LogP contribution in [0.25, 0.3) is 0 Å². The van der Waals surface area contributed by atoms with Crippen molar-refractivity contribution < 1.29 is 13.3 Å². The van der Waals surface area contributed by atoms with Crippen molar-refractivity contribution in [1.82, 2.24) is 0 Å². The first-order valence-corrected chi connectivity index (χ1v) is 8.21. The molecule has 0 aliphatic heterocycles. The molecule has 2 unspecified atom stereocenters. The Bertz CT molecular complexity index is 197. The average molecular weight is 261 g/mol. The van der Waals surface area contributed by atoms with E-state index in [-0.39, 0.29) is 11.6 Å². The Balaban J connectivity index is 5.10. The van der Waals surface area contributed by atoms with Crippen molar-refractivity contribution in [3.05, 3.63) is 12.7 Å². The fourth-order valence-corrected chi connectivity index (χ4v) is 5.18. The largest absolute Gasteiger partial charge is 0.506 e. The molecular weight excluding hydrogens is 234 g/mol. The van der Waals surface area contributed by atoms with Crippen LogP contribution in [0.4, 0.5) is 0 Å². The molecule has 0 amide bonds. The Labute approximate surface area is 106 Å². The lowest BCUT2D eigenvalue weighted by Gasteiger charge is -2.36. The summed E-state index contributed by atoms with van der Waals surface area (Å²) in [7, 11) is -2.71. The van der Waals surface area contributed by atoms with Gasteiger partial charge in [0.1, 0.15) is 0 Å². The summed E-state index contributed by atoms with van der Waals surface area (Å²) in [6.07, 6.45) is 2.60. The van der Waals surface area contributed by atoms with E-state index in [1.54, 1.807) is 6.08 Å². The van der Waals surface area contributed by atoms with E-state index in [0.29, 0.717) is 19.8 Å². The van der Waals surface area contributed by atoms with Gasteiger partial charge in [-0.15, -0.1) is 6.58 Å². The third-order valence-electron chi connectivity index (χ3n) is 2.67. The van der Waals surface area contributed by atoms with E-state index in [1.165, 1.54) is 0 Å². The van der Waals surface area contributed by atoms with Crippen molar-refractivity contribution in [2.24, 2.45) is 5.73 Å². The van der Waals surface area contributed by atoms with Gasteiger partial charge in [-0.1, -0.05) is 13.0 Å². The predicted molar refractivity (Wildman–Crippen MR) is 72.8 cm³/mol. The highest BCUT2D eigenvalue weighted by molar-refractivity contribution is 6.62. The van der Waals surface area contributed by atoms with Gasteiger partial charge < -0.3 is 19.0 Å². The molecule has 0 aliphatic carbocycles. The van der Waals surface area contributed by atoms with Crippen molar-refractivity contribution in [1.29, 1.82) is 0 Å². The SMILES string of the molecule is C=CC(N)C(CC)[Si](OCC)(OCC)OCC. The molecule has 0 spiro atoms. The zero-order valence-electron chi connectivity index (χ0n) is 11.6. The molecule has 0 radical (unpaired) electrons. The van der Waals surface area contributed by atoms with Crippen molar-refractivity contribution >= 4 is 8.80 Å². The third-order valence-corrected chi connectivity index (χ3v) is 6.44. The standard InChI is InChI=1S/C12H27NO3Si/c1-6-11(13)12(7-2)17(14-8-3,15-9-4)16-10-5/h6,11-12H,1,7-10,13H2,2-5H3. The molecule has 102 valence electrons. The highest BCUT2D eigenvalue weighted by Gasteiger charge is 2.50. The number of hydrogen-bond acceptors (Lipinski definition) is 4. The van der Waals surface area contributed by atoms with Gasteiger partial charge in [0.05, 0.1) is 0 Å². The van der Waals surface area contributed by atoms with Crippen LogP contribution in [0.5, 0.6) is 0 Å². The van der Waals surface area contributed by atoms with Crippen LogP contribution in [0.3, 0.4) is 0 Å². The molecule has 2 atom stereocenters. The van der Waals surface area contributed by atoms with Gasteiger partial charge >= 0.3 is 8.80 Å². The predicted octanol–water partition coefficient (Wildman–Crippen LogP) is 2.33. The Kier molecular flexibility index (Phi) is 8.72. The topological polar surface area (TPSA) is 53.7 Å². The van der Waals surface area contributed by atoms with Crippen molar-refractivity contribution in [3.63, 3.8) is 0 Å². The van der Waals surface area contributed by atoms with Crippen molar-refractivity contribution in [2.45, 2.75) is 45.7 Å².